The molecule has 0 aromatic heterocycles. The summed E-state index contributed by atoms with van der Waals surface area (Å²) in [7, 11) is 0. The van der Waals surface area contributed by atoms with Gasteiger partial charge in [-0.25, -0.2) is 0 Å². The van der Waals surface area contributed by atoms with Crippen LogP contribution >= 0.6 is 0 Å². The number of hydrogen-bond acceptors (Lipinski definition) is 3. The van der Waals surface area contributed by atoms with E-state index in [4.69, 9.17) is 5.26 Å². The topological polar surface area (TPSA) is 66.9 Å². The Morgan fingerprint density at radius 2 is 1.78 bits per heavy atom. The van der Waals surface area contributed by atoms with Crippen molar-refractivity contribution < 1.29 is 4.92 Å². The van der Waals surface area contributed by atoms with Gasteiger partial charge in [-0.2, -0.15) is 5.26 Å². The predicted octanol–water partition coefficient (Wildman–Crippen LogP) is 4.47. The number of rotatable bonds is 2. The molecule has 0 aliphatic carbocycles. The van der Waals surface area contributed by atoms with Crippen molar-refractivity contribution in [2.24, 2.45) is 0 Å². The summed E-state index contributed by atoms with van der Waals surface area (Å²) in [5, 5.41) is 19.1. The number of nitriles is 1. The van der Waals surface area contributed by atoms with Crippen LogP contribution in [-0.2, 0) is 6.42 Å². The van der Waals surface area contributed by atoms with Crippen LogP contribution in [0.1, 0.15) is 52.2 Å². The second kappa shape index (κ2) is 11.6. The molecule has 0 radical (unpaired) electrons. The predicted molar refractivity (Wildman–Crippen MR) is 74.5 cm³/mol. The second-order valence-corrected chi connectivity index (χ2v) is 3.28. The summed E-state index contributed by atoms with van der Waals surface area (Å²) < 4.78 is 0. The molecule has 18 heavy (non-hydrogen) atoms. The van der Waals surface area contributed by atoms with Crippen molar-refractivity contribution in [3.8, 4) is 6.07 Å². The van der Waals surface area contributed by atoms with Crippen LogP contribution in [0.25, 0.3) is 0 Å². The molecule has 1 aromatic rings. The summed E-state index contributed by atoms with van der Waals surface area (Å²) in [6.07, 6.45) is 1.98. The van der Waals surface area contributed by atoms with E-state index in [1.165, 1.54) is 18.6 Å². The lowest BCUT2D eigenvalue weighted by Crippen LogP contribution is -1.93. The summed E-state index contributed by atoms with van der Waals surface area (Å²) in [5.74, 6) is 0. The molecule has 0 aliphatic rings. The van der Waals surface area contributed by atoms with E-state index < -0.39 is 4.92 Å². The number of nitro groups is 1. The van der Waals surface area contributed by atoms with E-state index in [1.54, 1.807) is 12.1 Å². The molecule has 4 heteroatoms. The smallest absolute Gasteiger partial charge is 0.258 e. The number of hydrogen-bond donors (Lipinski definition) is 0. The Hall–Kier alpha value is -1.89. The van der Waals surface area contributed by atoms with Crippen LogP contribution in [0.15, 0.2) is 18.2 Å². The van der Waals surface area contributed by atoms with E-state index in [1.807, 2.05) is 20.8 Å². The molecule has 0 spiro atoms. The Kier molecular flexibility index (Phi) is 11.9. The van der Waals surface area contributed by atoms with Gasteiger partial charge in [0, 0.05) is 6.07 Å². The highest BCUT2D eigenvalue weighted by Crippen LogP contribution is 2.19. The number of nitrogens with zero attached hydrogens (tertiary/aromatic N) is 2. The van der Waals surface area contributed by atoms with Gasteiger partial charge in [0.1, 0.15) is 11.6 Å². The third-order valence-electron chi connectivity index (χ3n) is 1.79. The average Bonchev–Trinajstić information content (AvgIpc) is 2.41. The Bertz CT molecular complexity index is 395. The van der Waals surface area contributed by atoms with Gasteiger partial charge in [0.15, 0.2) is 0 Å². The Balaban J connectivity index is 0. The molecular formula is C14H22N2O2. The summed E-state index contributed by atoms with van der Waals surface area (Å²) in [6, 6.07) is 6.44. The zero-order valence-electron chi connectivity index (χ0n) is 11.9. The molecule has 4 nitrogen and oxygen atoms in total. The molecule has 100 valence electrons. The standard InChI is InChI=1S/C9H8N2O2.C3H8.C2H6/c1-2-7-3-4-8(6-10)9(5-7)11(12)13;1-3-2;1-2/h3-5H,2H2,1H3;3H2,1-2H3;1-2H3. The molecule has 1 rings (SSSR count). The fourth-order valence-electron chi connectivity index (χ4n) is 1.04. The van der Waals surface area contributed by atoms with Crippen LogP contribution in [0.3, 0.4) is 0 Å². The van der Waals surface area contributed by atoms with Crippen molar-refractivity contribution in [1.29, 1.82) is 5.26 Å². The van der Waals surface area contributed by atoms with Gasteiger partial charge in [-0.15, -0.1) is 0 Å². The molecule has 0 atom stereocenters. The van der Waals surface area contributed by atoms with Gasteiger partial charge in [-0.1, -0.05) is 47.1 Å². The minimum absolute atomic E-state index is 0.109. The first-order valence-electron chi connectivity index (χ1n) is 6.28. The van der Waals surface area contributed by atoms with Crippen molar-refractivity contribution in [3.05, 3.63) is 39.4 Å². The zero-order chi connectivity index (χ0) is 14.6. The fourth-order valence-corrected chi connectivity index (χ4v) is 1.04. The lowest BCUT2D eigenvalue weighted by molar-refractivity contribution is -0.385. The largest absolute Gasteiger partial charge is 0.287 e. The van der Waals surface area contributed by atoms with E-state index in [-0.39, 0.29) is 11.3 Å². The van der Waals surface area contributed by atoms with Crippen LogP contribution in [0.5, 0.6) is 0 Å². The number of benzene rings is 1. The molecule has 0 heterocycles. The second-order valence-electron chi connectivity index (χ2n) is 3.28. The maximum absolute atomic E-state index is 10.5. The van der Waals surface area contributed by atoms with Gasteiger partial charge in [0.05, 0.1) is 4.92 Å². The van der Waals surface area contributed by atoms with Crippen molar-refractivity contribution >= 4 is 5.69 Å². The third kappa shape index (κ3) is 6.64. The van der Waals surface area contributed by atoms with Gasteiger partial charge < -0.3 is 0 Å². The van der Waals surface area contributed by atoms with Crippen molar-refractivity contribution in [1.82, 2.24) is 0 Å². The minimum Gasteiger partial charge on any atom is -0.258 e. The Labute approximate surface area is 109 Å². The first kappa shape index (κ1) is 18.5. The first-order valence-corrected chi connectivity index (χ1v) is 6.28. The molecule has 0 N–H and O–H groups in total. The van der Waals surface area contributed by atoms with Crippen molar-refractivity contribution in [2.75, 3.05) is 0 Å². The van der Waals surface area contributed by atoms with E-state index in [0.29, 0.717) is 0 Å². The summed E-state index contributed by atoms with van der Waals surface area (Å²) in [4.78, 5) is 9.97. The first-order chi connectivity index (χ1) is 8.60. The van der Waals surface area contributed by atoms with Crippen LogP contribution in [0.2, 0.25) is 0 Å². The van der Waals surface area contributed by atoms with E-state index >= 15 is 0 Å². The Morgan fingerprint density at radius 3 is 2.11 bits per heavy atom. The third-order valence-corrected chi connectivity index (χ3v) is 1.79. The van der Waals surface area contributed by atoms with E-state index in [9.17, 15) is 10.1 Å². The van der Waals surface area contributed by atoms with Crippen LogP contribution in [0.4, 0.5) is 5.69 Å². The molecule has 0 saturated carbocycles. The van der Waals surface area contributed by atoms with E-state index in [2.05, 4.69) is 13.8 Å². The highest BCUT2D eigenvalue weighted by atomic mass is 16.6. The molecule has 0 saturated heterocycles. The van der Waals surface area contributed by atoms with Gasteiger partial charge in [0.2, 0.25) is 0 Å². The Morgan fingerprint density at radius 1 is 1.28 bits per heavy atom. The van der Waals surface area contributed by atoms with Gasteiger partial charge in [0.25, 0.3) is 5.69 Å². The average molecular weight is 250 g/mol. The summed E-state index contributed by atoms with van der Waals surface area (Å²) >= 11 is 0. The molecule has 0 amide bonds. The highest BCUT2D eigenvalue weighted by Gasteiger charge is 2.12. The SMILES string of the molecule is CC.CCC.CCc1ccc(C#N)c([N+](=O)[O-])c1. The fraction of sp³-hybridized carbons (Fsp3) is 0.500. The maximum Gasteiger partial charge on any atom is 0.287 e. The molecule has 0 aliphatic heterocycles. The van der Waals surface area contributed by atoms with Crippen molar-refractivity contribution in [2.45, 2.75) is 47.5 Å². The zero-order valence-corrected chi connectivity index (χ0v) is 11.9. The van der Waals surface area contributed by atoms with E-state index in [0.717, 1.165) is 12.0 Å². The van der Waals surface area contributed by atoms with Crippen molar-refractivity contribution in [3.63, 3.8) is 0 Å². The molecular weight excluding hydrogens is 228 g/mol. The maximum atomic E-state index is 10.5. The number of nitro benzene ring substituents is 1. The van der Waals surface area contributed by atoms with Gasteiger partial charge >= 0.3 is 0 Å². The lowest BCUT2D eigenvalue weighted by atomic mass is 10.1. The van der Waals surface area contributed by atoms with Crippen LogP contribution < -0.4 is 0 Å². The molecule has 0 unspecified atom stereocenters. The highest BCUT2D eigenvalue weighted by molar-refractivity contribution is 5.50. The lowest BCUT2D eigenvalue weighted by Gasteiger charge is -1.97. The van der Waals surface area contributed by atoms with Gasteiger partial charge in [-0.3, -0.25) is 10.1 Å². The molecule has 0 fully saturated rings. The minimum atomic E-state index is -0.530. The summed E-state index contributed by atoms with van der Waals surface area (Å²) in [6.45, 7) is 10.2. The molecule has 1 aromatic carbocycles. The molecule has 0 bridgehead atoms. The number of aryl methyl sites for hydroxylation is 1. The van der Waals surface area contributed by atoms with Crippen LogP contribution in [-0.4, -0.2) is 4.92 Å². The van der Waals surface area contributed by atoms with Gasteiger partial charge in [-0.05, 0) is 18.1 Å². The monoisotopic (exact) mass is 250 g/mol. The van der Waals surface area contributed by atoms with Crippen LogP contribution in [0, 0.1) is 21.4 Å². The normalized spacial score (nSPS) is 8.00. The summed E-state index contributed by atoms with van der Waals surface area (Å²) in [5.41, 5.74) is 0.870. The quantitative estimate of drug-likeness (QED) is 0.574.